The highest BCUT2D eigenvalue weighted by Crippen LogP contribution is 1.95. The lowest BCUT2D eigenvalue weighted by Crippen LogP contribution is -2.23. The molecule has 0 amide bonds. The number of esters is 4. The Bertz CT molecular complexity index is 393. The molecular weight excluding hydrogens is 256 g/mol. The summed E-state index contributed by atoms with van der Waals surface area (Å²) in [5.41, 5.74) is 0.212. The molecule has 0 aromatic carbocycles. The predicted molar refractivity (Wildman–Crippen MR) is 62.6 cm³/mol. The molecule has 0 atom stereocenters. The van der Waals surface area contributed by atoms with Crippen LogP contribution in [-0.4, -0.2) is 37.1 Å². The lowest BCUT2D eigenvalue weighted by molar-refractivity contribution is -0.170. The summed E-state index contributed by atoms with van der Waals surface area (Å²) in [6, 6.07) is 0. The van der Waals surface area contributed by atoms with Gasteiger partial charge in [0.15, 0.2) is 13.2 Å². The maximum absolute atomic E-state index is 11.1. The van der Waals surface area contributed by atoms with Crippen LogP contribution in [0.4, 0.5) is 0 Å². The quantitative estimate of drug-likeness (QED) is 0.296. The molecule has 0 aromatic heterocycles. The van der Waals surface area contributed by atoms with Crippen LogP contribution in [-0.2, 0) is 33.4 Å². The molecule has 0 saturated heterocycles. The molecule has 0 N–H and O–H groups in total. The smallest absolute Gasteiger partial charge is 0.352 e. The minimum atomic E-state index is -1.08. The van der Waals surface area contributed by atoms with Gasteiger partial charge >= 0.3 is 23.9 Å². The summed E-state index contributed by atoms with van der Waals surface area (Å²) in [4.78, 5) is 44.0. The van der Waals surface area contributed by atoms with E-state index < -0.39 is 37.1 Å². The molecule has 0 spiro atoms. The zero-order valence-corrected chi connectivity index (χ0v) is 10.7. The van der Waals surface area contributed by atoms with Gasteiger partial charge in [-0.05, 0) is 13.8 Å². The average Bonchev–Trinajstić information content (AvgIpc) is 2.32. The summed E-state index contributed by atoms with van der Waals surface area (Å²) in [5.74, 6) is -3.71. The van der Waals surface area contributed by atoms with Crippen LogP contribution < -0.4 is 0 Å². The number of hydrogen-bond donors (Lipinski definition) is 0. The van der Waals surface area contributed by atoms with E-state index in [0.29, 0.717) is 0 Å². The van der Waals surface area contributed by atoms with E-state index in [-0.39, 0.29) is 11.1 Å². The summed E-state index contributed by atoms with van der Waals surface area (Å²) in [7, 11) is 0. The van der Waals surface area contributed by atoms with Gasteiger partial charge in [-0.15, -0.1) is 0 Å². The Morgan fingerprint density at radius 3 is 1.37 bits per heavy atom. The first-order chi connectivity index (χ1) is 8.73. The van der Waals surface area contributed by atoms with Crippen molar-refractivity contribution >= 4 is 23.9 Å². The van der Waals surface area contributed by atoms with Gasteiger partial charge in [0.25, 0.3) is 0 Å². The van der Waals surface area contributed by atoms with Gasteiger partial charge in [0.2, 0.25) is 0 Å². The molecule has 19 heavy (non-hydrogen) atoms. The zero-order chi connectivity index (χ0) is 15.0. The third kappa shape index (κ3) is 7.48. The van der Waals surface area contributed by atoms with Crippen molar-refractivity contribution in [3.05, 3.63) is 24.3 Å². The van der Waals surface area contributed by atoms with Crippen molar-refractivity contribution in [2.45, 2.75) is 13.8 Å². The van der Waals surface area contributed by atoms with Crippen LogP contribution in [0.2, 0.25) is 0 Å². The Kier molecular flexibility index (Phi) is 6.80. The molecule has 7 nitrogen and oxygen atoms in total. The van der Waals surface area contributed by atoms with Crippen molar-refractivity contribution in [3.8, 4) is 0 Å². The molecule has 0 aliphatic heterocycles. The summed E-state index contributed by atoms with van der Waals surface area (Å²) in [5, 5.41) is 0. The number of carbonyl (C=O) groups is 4. The number of rotatable bonds is 6. The normalized spacial score (nSPS) is 9.16. The molecule has 0 fully saturated rings. The molecule has 104 valence electrons. The monoisotopic (exact) mass is 270 g/mol. The molecule has 0 aliphatic carbocycles. The van der Waals surface area contributed by atoms with Crippen LogP contribution in [0.3, 0.4) is 0 Å². The van der Waals surface area contributed by atoms with Crippen LogP contribution in [0.5, 0.6) is 0 Å². The first-order valence-electron chi connectivity index (χ1n) is 5.12. The van der Waals surface area contributed by atoms with Gasteiger partial charge in [-0.2, -0.15) is 0 Å². The molecule has 0 unspecified atom stereocenters. The molecule has 0 saturated carbocycles. The van der Waals surface area contributed by atoms with E-state index >= 15 is 0 Å². The Morgan fingerprint density at radius 2 is 1.11 bits per heavy atom. The summed E-state index contributed by atoms with van der Waals surface area (Å²) < 4.78 is 13.1. The second-order valence-electron chi connectivity index (χ2n) is 3.56. The molecule has 0 bridgehead atoms. The zero-order valence-electron chi connectivity index (χ0n) is 10.7. The van der Waals surface area contributed by atoms with Gasteiger partial charge in [0.1, 0.15) is 0 Å². The van der Waals surface area contributed by atoms with Crippen LogP contribution in [0.15, 0.2) is 24.3 Å². The van der Waals surface area contributed by atoms with Crippen molar-refractivity contribution < 1.29 is 33.4 Å². The minimum absolute atomic E-state index is 0.106. The SMILES string of the molecule is C=C(C)C(=O)OCC(=O)OC(=O)COC(=O)C(=C)C. The summed E-state index contributed by atoms with van der Waals surface area (Å²) in [6.07, 6.45) is 0. The fourth-order valence-corrected chi connectivity index (χ4v) is 0.681. The largest absolute Gasteiger partial charge is 0.450 e. The minimum Gasteiger partial charge on any atom is -0.450 e. The van der Waals surface area contributed by atoms with Gasteiger partial charge in [0, 0.05) is 11.1 Å². The number of carbonyl (C=O) groups excluding carboxylic acids is 4. The van der Waals surface area contributed by atoms with E-state index in [1.54, 1.807) is 0 Å². The second-order valence-corrected chi connectivity index (χ2v) is 3.56. The Hall–Kier alpha value is -2.44. The first-order valence-corrected chi connectivity index (χ1v) is 5.12. The van der Waals surface area contributed by atoms with Crippen molar-refractivity contribution in [2.24, 2.45) is 0 Å². The highest BCUT2D eigenvalue weighted by atomic mass is 16.6. The summed E-state index contributed by atoms with van der Waals surface area (Å²) >= 11 is 0. The second kappa shape index (κ2) is 7.80. The fourth-order valence-electron chi connectivity index (χ4n) is 0.681. The van der Waals surface area contributed by atoms with Crippen LogP contribution in [0, 0.1) is 0 Å². The third-order valence-electron chi connectivity index (χ3n) is 1.57. The van der Waals surface area contributed by atoms with Gasteiger partial charge in [-0.1, -0.05) is 13.2 Å². The Balaban J connectivity index is 3.97. The maximum Gasteiger partial charge on any atom is 0.352 e. The first kappa shape index (κ1) is 16.6. The maximum atomic E-state index is 11.1. The fraction of sp³-hybridized carbons (Fsp3) is 0.333. The average molecular weight is 270 g/mol. The van der Waals surface area contributed by atoms with Gasteiger partial charge in [-0.25, -0.2) is 19.2 Å². The van der Waals surface area contributed by atoms with Gasteiger partial charge < -0.3 is 14.2 Å². The third-order valence-corrected chi connectivity index (χ3v) is 1.57. The van der Waals surface area contributed by atoms with E-state index in [2.05, 4.69) is 27.4 Å². The van der Waals surface area contributed by atoms with Crippen LogP contribution in [0.25, 0.3) is 0 Å². The predicted octanol–water partition coefficient (Wildman–Crippen LogP) is 0.295. The number of ether oxygens (including phenoxy) is 3. The molecule has 0 rings (SSSR count). The van der Waals surface area contributed by atoms with Crippen molar-refractivity contribution in [1.29, 1.82) is 0 Å². The molecule has 0 aliphatic rings. The summed E-state index contributed by atoms with van der Waals surface area (Å²) in [6.45, 7) is 7.94. The van der Waals surface area contributed by atoms with Crippen molar-refractivity contribution in [2.75, 3.05) is 13.2 Å². The van der Waals surface area contributed by atoms with E-state index in [4.69, 9.17) is 0 Å². The van der Waals surface area contributed by atoms with Crippen LogP contribution >= 0.6 is 0 Å². The molecule has 7 heteroatoms. The Morgan fingerprint density at radius 1 is 0.789 bits per heavy atom. The van der Waals surface area contributed by atoms with E-state index in [9.17, 15) is 19.2 Å². The molecule has 0 radical (unpaired) electrons. The highest BCUT2D eigenvalue weighted by Gasteiger charge is 2.15. The van der Waals surface area contributed by atoms with Gasteiger partial charge in [0.05, 0.1) is 0 Å². The number of hydrogen-bond acceptors (Lipinski definition) is 7. The molecular formula is C12H14O7. The lowest BCUT2D eigenvalue weighted by atomic mass is 10.4. The van der Waals surface area contributed by atoms with Crippen LogP contribution in [0.1, 0.15) is 13.8 Å². The molecule has 0 heterocycles. The highest BCUT2D eigenvalue weighted by molar-refractivity contribution is 5.92. The van der Waals surface area contributed by atoms with Crippen molar-refractivity contribution in [3.63, 3.8) is 0 Å². The topological polar surface area (TPSA) is 96.0 Å². The van der Waals surface area contributed by atoms with E-state index in [0.717, 1.165) is 0 Å². The standard InChI is InChI=1S/C12H14O7/c1-7(2)11(15)17-5-9(13)19-10(14)6-18-12(16)8(3)4/h1,3,5-6H2,2,4H3. The molecule has 0 aromatic rings. The lowest BCUT2D eigenvalue weighted by Gasteiger charge is -2.05. The van der Waals surface area contributed by atoms with E-state index in [1.165, 1.54) is 13.8 Å². The van der Waals surface area contributed by atoms with Gasteiger partial charge in [-0.3, -0.25) is 0 Å². The van der Waals surface area contributed by atoms with E-state index in [1.807, 2.05) is 0 Å². The van der Waals surface area contributed by atoms with Crippen molar-refractivity contribution in [1.82, 2.24) is 0 Å². The Labute approximate surface area is 109 Å².